The van der Waals surface area contributed by atoms with Crippen molar-refractivity contribution in [3.8, 4) is 11.6 Å². The molecule has 1 aliphatic carbocycles. The number of nitrogens with zero attached hydrogens (tertiary/aromatic N) is 1. The molecular formula is C20H31NO3. The first-order valence-corrected chi connectivity index (χ1v) is 9.53. The molecule has 1 fully saturated rings. The number of pyridine rings is 1. The first-order chi connectivity index (χ1) is 11.7. The fraction of sp³-hybridized carbons (Fsp3) is 0.700. The van der Waals surface area contributed by atoms with Crippen LogP contribution in [0.1, 0.15) is 71.6 Å². The summed E-state index contributed by atoms with van der Waals surface area (Å²) in [5.41, 5.74) is 0. The van der Waals surface area contributed by atoms with E-state index in [4.69, 9.17) is 9.47 Å². The van der Waals surface area contributed by atoms with E-state index in [1.807, 2.05) is 0 Å². The summed E-state index contributed by atoms with van der Waals surface area (Å²) in [6.45, 7) is 5.07. The van der Waals surface area contributed by atoms with Crippen molar-refractivity contribution in [3.05, 3.63) is 18.3 Å². The minimum absolute atomic E-state index is 0.0445. The van der Waals surface area contributed by atoms with Crippen molar-refractivity contribution in [2.45, 2.75) is 71.6 Å². The van der Waals surface area contributed by atoms with Crippen molar-refractivity contribution in [3.63, 3.8) is 0 Å². The van der Waals surface area contributed by atoms with Gasteiger partial charge in [0.2, 0.25) is 5.88 Å². The molecule has 2 rings (SSSR count). The lowest BCUT2D eigenvalue weighted by Crippen LogP contribution is -2.25. The molecular weight excluding hydrogens is 302 g/mol. The monoisotopic (exact) mass is 333 g/mol. The highest BCUT2D eigenvalue weighted by molar-refractivity contribution is 5.75. The Morgan fingerprint density at radius 2 is 1.92 bits per heavy atom. The molecule has 4 nitrogen and oxygen atoms in total. The maximum absolute atomic E-state index is 12.3. The van der Waals surface area contributed by atoms with Gasteiger partial charge in [0, 0.05) is 6.07 Å². The molecule has 0 N–H and O–H groups in total. The smallest absolute Gasteiger partial charge is 0.314 e. The van der Waals surface area contributed by atoms with E-state index in [2.05, 4.69) is 18.8 Å². The zero-order valence-corrected chi connectivity index (χ0v) is 15.1. The Bertz CT molecular complexity index is 478. The highest BCUT2D eigenvalue weighted by Gasteiger charge is 2.27. The van der Waals surface area contributed by atoms with Gasteiger partial charge in [-0.3, -0.25) is 4.79 Å². The summed E-state index contributed by atoms with van der Waals surface area (Å²) >= 11 is 0. The number of ether oxygens (including phenoxy) is 2. The van der Waals surface area contributed by atoms with Crippen LogP contribution in [0.4, 0.5) is 0 Å². The molecule has 134 valence electrons. The van der Waals surface area contributed by atoms with E-state index >= 15 is 0 Å². The van der Waals surface area contributed by atoms with E-state index in [1.54, 1.807) is 18.3 Å². The van der Waals surface area contributed by atoms with Crippen LogP contribution in [0, 0.1) is 11.8 Å². The molecule has 1 aromatic rings. The second-order valence-corrected chi connectivity index (χ2v) is 6.82. The first kappa shape index (κ1) is 18.8. The van der Waals surface area contributed by atoms with Gasteiger partial charge in [-0.2, -0.15) is 0 Å². The van der Waals surface area contributed by atoms with Crippen LogP contribution in [0.5, 0.6) is 11.6 Å². The van der Waals surface area contributed by atoms with Crippen molar-refractivity contribution < 1.29 is 14.3 Å². The molecule has 4 heteroatoms. The summed E-state index contributed by atoms with van der Waals surface area (Å²) in [5, 5.41) is 0. The molecule has 0 bridgehead atoms. The van der Waals surface area contributed by atoms with E-state index in [-0.39, 0.29) is 11.9 Å². The third kappa shape index (κ3) is 6.14. The van der Waals surface area contributed by atoms with Crippen LogP contribution in [0.15, 0.2) is 18.3 Å². The average molecular weight is 333 g/mol. The van der Waals surface area contributed by atoms with Crippen LogP contribution >= 0.6 is 0 Å². The van der Waals surface area contributed by atoms with Crippen LogP contribution < -0.4 is 9.47 Å². The SMILES string of the molecule is CCCCCOc1ccc(OC(=O)C2CCC(CCC)CC2)cn1. The molecule has 1 saturated carbocycles. The standard InChI is InChI=1S/C20H31NO3/c1-3-5-6-14-23-19-13-12-18(15-21-19)24-20(22)17-10-8-16(7-4-2)9-11-17/h12-13,15-17H,3-11,14H2,1-2H3. The summed E-state index contributed by atoms with van der Waals surface area (Å²) in [6, 6.07) is 3.54. The van der Waals surface area contributed by atoms with Gasteiger partial charge in [-0.1, -0.05) is 39.5 Å². The Morgan fingerprint density at radius 3 is 2.54 bits per heavy atom. The Hall–Kier alpha value is -1.58. The van der Waals surface area contributed by atoms with Crippen molar-refractivity contribution >= 4 is 5.97 Å². The molecule has 1 aromatic heterocycles. The number of rotatable bonds is 9. The normalized spacial score (nSPS) is 20.6. The fourth-order valence-electron chi connectivity index (χ4n) is 3.34. The van der Waals surface area contributed by atoms with Gasteiger partial charge in [-0.25, -0.2) is 4.98 Å². The largest absolute Gasteiger partial charge is 0.478 e. The summed E-state index contributed by atoms with van der Waals surface area (Å²) in [6.07, 6.45) is 11.7. The summed E-state index contributed by atoms with van der Waals surface area (Å²) in [4.78, 5) is 16.5. The number of carbonyl (C=O) groups excluding carboxylic acids is 1. The summed E-state index contributed by atoms with van der Waals surface area (Å²) < 4.78 is 11.1. The fourth-order valence-corrected chi connectivity index (χ4v) is 3.34. The molecule has 1 aliphatic rings. The van der Waals surface area contributed by atoms with E-state index in [1.165, 1.54) is 19.3 Å². The predicted molar refractivity (Wildman–Crippen MR) is 95.2 cm³/mol. The quantitative estimate of drug-likeness (QED) is 0.462. The third-order valence-corrected chi connectivity index (χ3v) is 4.80. The Morgan fingerprint density at radius 1 is 1.12 bits per heavy atom. The predicted octanol–water partition coefficient (Wildman–Crippen LogP) is 5.16. The first-order valence-electron chi connectivity index (χ1n) is 9.53. The topological polar surface area (TPSA) is 48.4 Å². The molecule has 0 aliphatic heterocycles. The molecule has 0 unspecified atom stereocenters. The maximum atomic E-state index is 12.3. The van der Waals surface area contributed by atoms with Gasteiger partial charge < -0.3 is 9.47 Å². The molecule has 0 spiro atoms. The summed E-state index contributed by atoms with van der Waals surface area (Å²) in [7, 11) is 0. The number of unbranched alkanes of at least 4 members (excludes halogenated alkanes) is 2. The van der Waals surface area contributed by atoms with Crippen LogP contribution in [-0.4, -0.2) is 17.6 Å². The van der Waals surface area contributed by atoms with Gasteiger partial charge in [0.05, 0.1) is 18.7 Å². The lowest BCUT2D eigenvalue weighted by atomic mass is 9.80. The van der Waals surface area contributed by atoms with Crippen LogP contribution in [0.3, 0.4) is 0 Å². The molecule has 0 radical (unpaired) electrons. The zero-order chi connectivity index (χ0) is 17.2. The number of aromatic nitrogens is 1. The third-order valence-electron chi connectivity index (χ3n) is 4.80. The Kier molecular flexibility index (Phi) is 8.06. The second-order valence-electron chi connectivity index (χ2n) is 6.82. The van der Waals surface area contributed by atoms with Crippen molar-refractivity contribution in [1.29, 1.82) is 0 Å². The number of hydrogen-bond donors (Lipinski definition) is 0. The zero-order valence-electron chi connectivity index (χ0n) is 15.1. The maximum Gasteiger partial charge on any atom is 0.314 e. The molecule has 0 aromatic carbocycles. The highest BCUT2D eigenvalue weighted by atomic mass is 16.5. The van der Waals surface area contributed by atoms with Crippen LogP contribution in [0.2, 0.25) is 0 Å². The molecule has 24 heavy (non-hydrogen) atoms. The van der Waals surface area contributed by atoms with Crippen molar-refractivity contribution in [2.75, 3.05) is 6.61 Å². The van der Waals surface area contributed by atoms with Crippen LogP contribution in [-0.2, 0) is 4.79 Å². The van der Waals surface area contributed by atoms with Gasteiger partial charge in [0.25, 0.3) is 0 Å². The van der Waals surface area contributed by atoms with E-state index in [0.29, 0.717) is 18.2 Å². The minimum atomic E-state index is -0.108. The second kappa shape index (κ2) is 10.3. The van der Waals surface area contributed by atoms with Crippen molar-refractivity contribution in [1.82, 2.24) is 4.98 Å². The van der Waals surface area contributed by atoms with Gasteiger partial charge in [0.1, 0.15) is 5.75 Å². The van der Waals surface area contributed by atoms with E-state index < -0.39 is 0 Å². The van der Waals surface area contributed by atoms with E-state index in [0.717, 1.165) is 44.4 Å². The van der Waals surface area contributed by atoms with Crippen molar-refractivity contribution in [2.24, 2.45) is 11.8 Å². The molecule has 0 amide bonds. The Labute approximate surface area is 146 Å². The molecule has 0 atom stereocenters. The van der Waals surface area contributed by atoms with Gasteiger partial charge in [-0.05, 0) is 44.1 Å². The number of hydrogen-bond acceptors (Lipinski definition) is 4. The highest BCUT2D eigenvalue weighted by Crippen LogP contribution is 2.32. The van der Waals surface area contributed by atoms with Crippen LogP contribution in [0.25, 0.3) is 0 Å². The average Bonchev–Trinajstić information content (AvgIpc) is 2.61. The lowest BCUT2D eigenvalue weighted by molar-refractivity contribution is -0.140. The number of esters is 1. The van der Waals surface area contributed by atoms with Gasteiger partial charge in [0.15, 0.2) is 0 Å². The minimum Gasteiger partial charge on any atom is -0.478 e. The lowest BCUT2D eigenvalue weighted by Gasteiger charge is -2.26. The van der Waals surface area contributed by atoms with E-state index in [9.17, 15) is 4.79 Å². The summed E-state index contributed by atoms with van der Waals surface area (Å²) in [5.74, 6) is 1.83. The Balaban J connectivity index is 1.74. The van der Waals surface area contributed by atoms with Gasteiger partial charge >= 0.3 is 5.97 Å². The van der Waals surface area contributed by atoms with Gasteiger partial charge in [-0.15, -0.1) is 0 Å². The molecule has 0 saturated heterocycles. The molecule has 1 heterocycles. The number of carbonyl (C=O) groups is 1.